The molecule has 0 atom stereocenters. The van der Waals surface area contributed by atoms with Crippen LogP contribution >= 0.6 is 0 Å². The largest absolute Gasteiger partial charge is 0.487 e. The van der Waals surface area contributed by atoms with Crippen molar-refractivity contribution in [3.05, 3.63) is 78.1 Å². The lowest BCUT2D eigenvalue weighted by Crippen LogP contribution is -2.18. The average Bonchev–Trinajstić information content (AvgIpc) is 3.22. The molecule has 4 heteroatoms. The van der Waals surface area contributed by atoms with Crippen LogP contribution in [0.5, 0.6) is 5.75 Å². The van der Waals surface area contributed by atoms with Crippen molar-refractivity contribution in [1.29, 1.82) is 0 Å². The Balaban J connectivity index is 1.32. The number of ether oxygens (including phenoxy) is 1. The van der Waals surface area contributed by atoms with Gasteiger partial charge in [-0.15, -0.1) is 0 Å². The molecule has 0 spiro atoms. The third-order valence-electron chi connectivity index (χ3n) is 4.98. The van der Waals surface area contributed by atoms with E-state index in [1.165, 1.54) is 31.5 Å². The summed E-state index contributed by atoms with van der Waals surface area (Å²) in [7, 11) is 0. The van der Waals surface area contributed by atoms with Gasteiger partial charge < -0.3 is 10.5 Å². The van der Waals surface area contributed by atoms with Crippen molar-refractivity contribution in [2.45, 2.75) is 26.0 Å². The van der Waals surface area contributed by atoms with Crippen LogP contribution in [0.15, 0.2) is 66.9 Å². The van der Waals surface area contributed by atoms with Crippen LogP contribution in [0.25, 0.3) is 11.1 Å². The fourth-order valence-corrected chi connectivity index (χ4v) is 3.40. The number of hydrogen-bond acceptors (Lipinski definition) is 4. The zero-order chi connectivity index (χ0) is 18.5. The third kappa shape index (κ3) is 4.66. The number of nitrogens with zero attached hydrogens (tertiary/aromatic N) is 2. The highest BCUT2D eigenvalue weighted by atomic mass is 16.5. The second-order valence-corrected chi connectivity index (χ2v) is 7.08. The van der Waals surface area contributed by atoms with Gasteiger partial charge in [0, 0.05) is 24.0 Å². The minimum absolute atomic E-state index is 0.466. The summed E-state index contributed by atoms with van der Waals surface area (Å²) >= 11 is 0. The molecule has 138 valence electrons. The lowest BCUT2D eigenvalue weighted by Gasteiger charge is -2.14. The highest BCUT2D eigenvalue weighted by molar-refractivity contribution is 5.64. The number of nitrogens with two attached hydrogens (primary N) is 1. The van der Waals surface area contributed by atoms with Crippen molar-refractivity contribution in [2.75, 3.05) is 18.8 Å². The molecule has 1 aliphatic heterocycles. The molecule has 0 bridgehead atoms. The van der Waals surface area contributed by atoms with Gasteiger partial charge >= 0.3 is 0 Å². The molecule has 0 radical (unpaired) electrons. The van der Waals surface area contributed by atoms with E-state index in [1.54, 1.807) is 0 Å². The maximum Gasteiger partial charge on any atom is 0.130 e. The SMILES string of the molecule is Nc1ccc(-c2ccc(COc3ccc(CN4CCCC4)cc3)nc2)cc1. The number of likely N-dealkylation sites (tertiary alicyclic amines) is 1. The first-order valence-corrected chi connectivity index (χ1v) is 9.51. The fourth-order valence-electron chi connectivity index (χ4n) is 3.40. The van der Waals surface area contributed by atoms with E-state index in [2.05, 4.69) is 28.1 Å². The second-order valence-electron chi connectivity index (χ2n) is 7.08. The van der Waals surface area contributed by atoms with Gasteiger partial charge in [-0.3, -0.25) is 9.88 Å². The van der Waals surface area contributed by atoms with Crippen molar-refractivity contribution in [1.82, 2.24) is 9.88 Å². The van der Waals surface area contributed by atoms with Crippen LogP contribution in [-0.2, 0) is 13.2 Å². The van der Waals surface area contributed by atoms with E-state index < -0.39 is 0 Å². The van der Waals surface area contributed by atoms with Crippen LogP contribution in [0.3, 0.4) is 0 Å². The maximum absolute atomic E-state index is 5.89. The van der Waals surface area contributed by atoms with Gasteiger partial charge in [0.1, 0.15) is 12.4 Å². The second kappa shape index (κ2) is 8.23. The molecule has 0 amide bonds. The summed E-state index contributed by atoms with van der Waals surface area (Å²) in [5, 5.41) is 0. The zero-order valence-corrected chi connectivity index (χ0v) is 15.5. The molecule has 1 fully saturated rings. The Morgan fingerprint density at radius 2 is 1.56 bits per heavy atom. The Morgan fingerprint density at radius 3 is 2.22 bits per heavy atom. The predicted molar refractivity (Wildman–Crippen MR) is 109 cm³/mol. The van der Waals surface area contributed by atoms with Gasteiger partial charge in [0.2, 0.25) is 0 Å². The summed E-state index contributed by atoms with van der Waals surface area (Å²) in [6.07, 6.45) is 4.53. The molecule has 0 aliphatic carbocycles. The Hall–Kier alpha value is -2.85. The van der Waals surface area contributed by atoms with Crippen molar-refractivity contribution >= 4 is 5.69 Å². The molecule has 2 N–H and O–H groups in total. The van der Waals surface area contributed by atoms with Gasteiger partial charge in [-0.25, -0.2) is 0 Å². The summed E-state index contributed by atoms with van der Waals surface area (Å²) in [6.45, 7) is 3.94. The molecule has 4 nitrogen and oxygen atoms in total. The molecule has 2 heterocycles. The first kappa shape index (κ1) is 17.6. The van der Waals surface area contributed by atoms with Crippen LogP contribution in [0.4, 0.5) is 5.69 Å². The lowest BCUT2D eigenvalue weighted by atomic mass is 10.1. The van der Waals surface area contributed by atoms with Crippen LogP contribution in [0.1, 0.15) is 24.1 Å². The van der Waals surface area contributed by atoms with Crippen molar-refractivity contribution in [3.8, 4) is 16.9 Å². The molecule has 0 unspecified atom stereocenters. The van der Waals surface area contributed by atoms with Gasteiger partial charge in [-0.1, -0.05) is 30.3 Å². The Labute approximate surface area is 160 Å². The van der Waals surface area contributed by atoms with E-state index in [-0.39, 0.29) is 0 Å². The number of aromatic nitrogens is 1. The fraction of sp³-hybridized carbons (Fsp3) is 0.261. The van der Waals surface area contributed by atoms with Gasteiger partial charge in [-0.05, 0) is 67.4 Å². The van der Waals surface area contributed by atoms with E-state index in [0.717, 1.165) is 34.8 Å². The van der Waals surface area contributed by atoms with Crippen LogP contribution in [0, 0.1) is 0 Å². The van der Waals surface area contributed by atoms with Crippen molar-refractivity contribution < 1.29 is 4.74 Å². The number of anilines is 1. The minimum atomic E-state index is 0.466. The van der Waals surface area contributed by atoms with Crippen LogP contribution in [0.2, 0.25) is 0 Å². The van der Waals surface area contributed by atoms with E-state index in [1.807, 2.05) is 48.7 Å². The van der Waals surface area contributed by atoms with E-state index >= 15 is 0 Å². The molecular weight excluding hydrogens is 334 g/mol. The van der Waals surface area contributed by atoms with Gasteiger partial charge in [0.15, 0.2) is 0 Å². The lowest BCUT2D eigenvalue weighted by molar-refractivity contribution is 0.300. The Kier molecular flexibility index (Phi) is 5.35. The number of benzene rings is 2. The van der Waals surface area contributed by atoms with E-state index in [4.69, 9.17) is 10.5 Å². The number of nitrogen functional groups attached to an aromatic ring is 1. The first-order valence-electron chi connectivity index (χ1n) is 9.51. The Morgan fingerprint density at radius 1 is 0.852 bits per heavy atom. The molecule has 3 aromatic rings. The third-order valence-corrected chi connectivity index (χ3v) is 4.98. The highest BCUT2D eigenvalue weighted by Gasteiger charge is 2.11. The monoisotopic (exact) mass is 359 g/mol. The highest BCUT2D eigenvalue weighted by Crippen LogP contribution is 2.21. The maximum atomic E-state index is 5.89. The van der Waals surface area contributed by atoms with E-state index in [9.17, 15) is 0 Å². The average molecular weight is 359 g/mol. The normalized spacial score (nSPS) is 14.4. The molecule has 2 aromatic carbocycles. The summed E-state index contributed by atoms with van der Waals surface area (Å²) in [4.78, 5) is 7.02. The topological polar surface area (TPSA) is 51.4 Å². The minimum Gasteiger partial charge on any atom is -0.487 e. The van der Waals surface area contributed by atoms with E-state index in [0.29, 0.717) is 6.61 Å². The van der Waals surface area contributed by atoms with Gasteiger partial charge in [0.05, 0.1) is 5.69 Å². The predicted octanol–water partition coefficient (Wildman–Crippen LogP) is 4.51. The summed E-state index contributed by atoms with van der Waals surface area (Å²) in [5.74, 6) is 0.879. The molecular formula is C23H25N3O. The van der Waals surface area contributed by atoms with Gasteiger partial charge in [0.25, 0.3) is 0 Å². The standard InChI is InChI=1S/C23H25N3O/c24-21-8-5-19(6-9-21)20-7-10-22(25-15-20)17-27-23-11-3-18(4-12-23)16-26-13-1-2-14-26/h3-12,15H,1-2,13-14,16-17,24H2. The number of rotatable bonds is 6. The zero-order valence-electron chi connectivity index (χ0n) is 15.5. The molecule has 27 heavy (non-hydrogen) atoms. The Bertz CT molecular complexity index is 852. The summed E-state index contributed by atoms with van der Waals surface area (Å²) in [6, 6.07) is 20.3. The summed E-state index contributed by atoms with van der Waals surface area (Å²) in [5.41, 5.74) is 10.9. The number of pyridine rings is 1. The quantitative estimate of drug-likeness (QED) is 0.658. The van der Waals surface area contributed by atoms with Gasteiger partial charge in [-0.2, -0.15) is 0 Å². The van der Waals surface area contributed by atoms with Crippen LogP contribution < -0.4 is 10.5 Å². The molecule has 0 saturated carbocycles. The van der Waals surface area contributed by atoms with Crippen molar-refractivity contribution in [3.63, 3.8) is 0 Å². The molecule has 1 aromatic heterocycles. The molecule has 4 rings (SSSR count). The molecule has 1 saturated heterocycles. The van der Waals surface area contributed by atoms with Crippen LogP contribution in [-0.4, -0.2) is 23.0 Å². The number of hydrogen-bond donors (Lipinski definition) is 1. The smallest absolute Gasteiger partial charge is 0.130 e. The summed E-state index contributed by atoms with van der Waals surface area (Å²) < 4.78 is 5.89. The molecule has 1 aliphatic rings. The first-order chi connectivity index (χ1) is 13.3. The van der Waals surface area contributed by atoms with Crippen molar-refractivity contribution in [2.24, 2.45) is 0 Å².